The van der Waals surface area contributed by atoms with E-state index < -0.39 is 23.7 Å². The number of rotatable bonds is 6. The average molecular weight is 306 g/mol. The van der Waals surface area contributed by atoms with Crippen molar-refractivity contribution in [1.29, 1.82) is 0 Å². The second kappa shape index (κ2) is 6.81. The minimum atomic E-state index is -0.980. The summed E-state index contributed by atoms with van der Waals surface area (Å²) in [6.07, 6.45) is 3.10. The summed E-state index contributed by atoms with van der Waals surface area (Å²) in [7, 11) is 1.38. The van der Waals surface area contributed by atoms with Crippen molar-refractivity contribution in [3.8, 4) is 5.69 Å². The Bertz CT molecular complexity index is 673. The maximum Gasteiger partial charge on any atom is 0.252 e. The fourth-order valence-electron chi connectivity index (χ4n) is 1.85. The first-order valence-corrected chi connectivity index (χ1v) is 6.41. The number of hydrogen-bond acceptors (Lipinski definition) is 4. The van der Waals surface area contributed by atoms with Gasteiger partial charge in [0, 0.05) is 25.1 Å². The van der Waals surface area contributed by atoms with Gasteiger partial charge in [0.2, 0.25) is 5.91 Å². The van der Waals surface area contributed by atoms with Crippen LogP contribution in [0.1, 0.15) is 10.4 Å². The highest BCUT2D eigenvalue weighted by Crippen LogP contribution is 2.14. The maximum atomic E-state index is 14.1. The Kier molecular flexibility index (Phi) is 4.84. The number of halogens is 1. The molecule has 0 bridgehead atoms. The molecule has 8 heteroatoms. The molecule has 0 aliphatic rings. The van der Waals surface area contributed by atoms with Gasteiger partial charge in [-0.05, 0) is 24.3 Å². The maximum absolute atomic E-state index is 14.1. The third-order valence-electron chi connectivity index (χ3n) is 2.94. The van der Waals surface area contributed by atoms with Crippen LogP contribution in [0, 0.1) is 5.82 Å². The molecule has 2 amide bonds. The Labute approximate surface area is 125 Å². The Morgan fingerprint density at radius 2 is 2.27 bits per heavy atom. The number of nitrogens with zero attached hydrogens (tertiary/aromatic N) is 2. The summed E-state index contributed by atoms with van der Waals surface area (Å²) in [4.78, 5) is 23.2. The van der Waals surface area contributed by atoms with Gasteiger partial charge in [-0.2, -0.15) is 5.10 Å². The number of hydrogen-bond donors (Lipinski definition) is 2. The molecule has 0 aliphatic heterocycles. The number of primary amides is 1. The zero-order valence-electron chi connectivity index (χ0n) is 11.8. The third kappa shape index (κ3) is 3.47. The highest BCUT2D eigenvalue weighted by molar-refractivity contribution is 5.97. The first kappa shape index (κ1) is 15.6. The van der Waals surface area contributed by atoms with E-state index in [1.807, 2.05) is 0 Å². The molecule has 0 aliphatic carbocycles. The van der Waals surface area contributed by atoms with Crippen LogP contribution in [-0.2, 0) is 9.53 Å². The molecule has 1 atom stereocenters. The average Bonchev–Trinajstić information content (AvgIpc) is 3.00. The molecule has 3 N–H and O–H groups in total. The van der Waals surface area contributed by atoms with E-state index in [1.54, 1.807) is 12.3 Å². The van der Waals surface area contributed by atoms with Crippen LogP contribution in [0.4, 0.5) is 4.39 Å². The van der Waals surface area contributed by atoms with Crippen LogP contribution in [0.25, 0.3) is 5.69 Å². The van der Waals surface area contributed by atoms with Gasteiger partial charge < -0.3 is 15.8 Å². The number of nitrogens with two attached hydrogens (primary N) is 1. The lowest BCUT2D eigenvalue weighted by Crippen LogP contribution is -2.47. The normalized spacial score (nSPS) is 11.9. The van der Waals surface area contributed by atoms with Crippen LogP contribution in [0.5, 0.6) is 0 Å². The molecular weight excluding hydrogens is 291 g/mol. The van der Waals surface area contributed by atoms with Crippen molar-refractivity contribution in [3.63, 3.8) is 0 Å². The van der Waals surface area contributed by atoms with E-state index in [4.69, 9.17) is 10.5 Å². The van der Waals surface area contributed by atoms with Crippen LogP contribution < -0.4 is 11.1 Å². The summed E-state index contributed by atoms with van der Waals surface area (Å²) < 4.78 is 20.2. The van der Waals surface area contributed by atoms with Crippen molar-refractivity contribution < 1.29 is 18.7 Å². The van der Waals surface area contributed by atoms with Crippen LogP contribution in [0.2, 0.25) is 0 Å². The van der Waals surface area contributed by atoms with Crippen molar-refractivity contribution in [2.75, 3.05) is 13.7 Å². The zero-order chi connectivity index (χ0) is 16.1. The minimum Gasteiger partial charge on any atom is -0.382 e. The third-order valence-corrected chi connectivity index (χ3v) is 2.94. The van der Waals surface area contributed by atoms with E-state index in [2.05, 4.69) is 10.4 Å². The monoisotopic (exact) mass is 306 g/mol. The number of ether oxygens (including phenoxy) is 1. The van der Waals surface area contributed by atoms with E-state index in [0.29, 0.717) is 0 Å². The largest absolute Gasteiger partial charge is 0.382 e. The number of benzene rings is 1. The van der Waals surface area contributed by atoms with Crippen LogP contribution in [-0.4, -0.2) is 41.4 Å². The first-order chi connectivity index (χ1) is 10.5. The summed E-state index contributed by atoms with van der Waals surface area (Å²) in [6, 6.07) is 4.60. The molecule has 0 saturated carbocycles. The lowest BCUT2D eigenvalue weighted by Gasteiger charge is -2.14. The number of nitrogens with one attached hydrogen (secondary N) is 1. The van der Waals surface area contributed by atoms with Crippen LogP contribution in [0.15, 0.2) is 36.7 Å². The van der Waals surface area contributed by atoms with Crippen LogP contribution >= 0.6 is 0 Å². The summed E-state index contributed by atoms with van der Waals surface area (Å²) in [5.74, 6) is -1.96. The van der Waals surface area contributed by atoms with Crippen LogP contribution in [0.3, 0.4) is 0 Å². The highest BCUT2D eigenvalue weighted by atomic mass is 19.1. The SMILES string of the molecule is COC[C@H](NC(=O)c1ccc(-n2cccn2)c(F)c1)C(N)=O. The van der Waals surface area contributed by atoms with Crippen molar-refractivity contribution >= 4 is 11.8 Å². The molecule has 0 saturated heterocycles. The Morgan fingerprint density at radius 3 is 2.82 bits per heavy atom. The molecule has 2 aromatic rings. The molecule has 1 aromatic heterocycles. The fourth-order valence-corrected chi connectivity index (χ4v) is 1.85. The van der Waals surface area contributed by atoms with Crippen molar-refractivity contribution in [2.45, 2.75) is 6.04 Å². The van der Waals surface area contributed by atoms with Gasteiger partial charge >= 0.3 is 0 Å². The second-order valence-electron chi connectivity index (χ2n) is 4.50. The molecule has 116 valence electrons. The Balaban J connectivity index is 2.17. The molecule has 1 aromatic carbocycles. The first-order valence-electron chi connectivity index (χ1n) is 6.41. The van der Waals surface area contributed by atoms with E-state index in [1.165, 1.54) is 30.1 Å². The summed E-state index contributed by atoms with van der Waals surface area (Å²) >= 11 is 0. The molecular formula is C14H15FN4O3. The number of aromatic nitrogens is 2. The van der Waals surface area contributed by atoms with Gasteiger partial charge in [-0.25, -0.2) is 9.07 Å². The van der Waals surface area contributed by atoms with Gasteiger partial charge in [0.25, 0.3) is 5.91 Å². The minimum absolute atomic E-state index is 0.0606. The van der Waals surface area contributed by atoms with Gasteiger partial charge in [0.15, 0.2) is 0 Å². The molecule has 7 nitrogen and oxygen atoms in total. The van der Waals surface area contributed by atoms with Gasteiger partial charge in [-0.3, -0.25) is 9.59 Å². The van der Waals surface area contributed by atoms with Gasteiger partial charge in [0.1, 0.15) is 17.5 Å². The van der Waals surface area contributed by atoms with Crippen molar-refractivity contribution in [1.82, 2.24) is 15.1 Å². The number of amides is 2. The van der Waals surface area contributed by atoms with Crippen molar-refractivity contribution in [2.24, 2.45) is 5.73 Å². The van der Waals surface area contributed by atoms with Gasteiger partial charge in [0.05, 0.1) is 6.61 Å². The molecule has 2 rings (SSSR count). The van der Waals surface area contributed by atoms with E-state index >= 15 is 0 Å². The number of carbonyl (C=O) groups is 2. The van der Waals surface area contributed by atoms with E-state index in [0.717, 1.165) is 6.07 Å². The number of carbonyl (C=O) groups excluding carboxylic acids is 2. The Morgan fingerprint density at radius 1 is 1.50 bits per heavy atom. The second-order valence-corrected chi connectivity index (χ2v) is 4.50. The number of methoxy groups -OCH3 is 1. The highest BCUT2D eigenvalue weighted by Gasteiger charge is 2.19. The smallest absolute Gasteiger partial charge is 0.252 e. The molecule has 0 unspecified atom stereocenters. The quantitative estimate of drug-likeness (QED) is 0.798. The summed E-state index contributed by atoms with van der Waals surface area (Å²) in [6.45, 7) is -0.0606. The lowest BCUT2D eigenvalue weighted by atomic mass is 10.1. The Hall–Kier alpha value is -2.74. The predicted octanol–water partition coefficient (Wildman–Crippen LogP) is 0.242. The summed E-state index contributed by atoms with van der Waals surface area (Å²) in [5.41, 5.74) is 5.43. The fraction of sp³-hybridized carbons (Fsp3) is 0.214. The van der Waals surface area contributed by atoms with Crippen molar-refractivity contribution in [3.05, 3.63) is 48.0 Å². The molecule has 0 fully saturated rings. The standard InChI is InChI=1S/C14H15FN4O3/c1-22-8-11(13(16)20)18-14(21)9-3-4-12(10(15)7-9)19-6-2-5-17-19/h2-7,11H,8H2,1H3,(H2,16,20)(H,18,21)/t11-/m0/s1. The zero-order valence-corrected chi connectivity index (χ0v) is 11.8. The predicted molar refractivity (Wildman–Crippen MR) is 75.8 cm³/mol. The van der Waals surface area contributed by atoms with Gasteiger partial charge in [-0.1, -0.05) is 0 Å². The van der Waals surface area contributed by atoms with E-state index in [-0.39, 0.29) is 17.9 Å². The lowest BCUT2D eigenvalue weighted by molar-refractivity contribution is -0.121. The topological polar surface area (TPSA) is 99.2 Å². The molecule has 22 heavy (non-hydrogen) atoms. The molecule has 1 heterocycles. The summed E-state index contributed by atoms with van der Waals surface area (Å²) in [5, 5.41) is 6.30. The molecule has 0 radical (unpaired) electrons. The van der Waals surface area contributed by atoms with E-state index in [9.17, 15) is 14.0 Å². The van der Waals surface area contributed by atoms with Gasteiger partial charge in [-0.15, -0.1) is 0 Å². The molecule has 0 spiro atoms.